The lowest BCUT2D eigenvalue weighted by Crippen LogP contribution is -2.36. The van der Waals surface area contributed by atoms with Crippen molar-refractivity contribution in [3.63, 3.8) is 0 Å². The van der Waals surface area contributed by atoms with E-state index in [1.54, 1.807) is 27.3 Å². The van der Waals surface area contributed by atoms with E-state index >= 15 is 0 Å². The molecule has 2 rings (SSSR count). The minimum Gasteiger partial charge on any atom is -0.493 e. The van der Waals surface area contributed by atoms with E-state index in [0.29, 0.717) is 30.5 Å². The maximum absolute atomic E-state index is 10.8. The van der Waals surface area contributed by atoms with E-state index in [1.165, 1.54) is 12.1 Å². The van der Waals surface area contributed by atoms with Crippen LogP contribution in [0.25, 0.3) is 0 Å². The van der Waals surface area contributed by atoms with E-state index in [2.05, 4.69) is 15.6 Å². The Labute approximate surface area is 152 Å². The van der Waals surface area contributed by atoms with Crippen molar-refractivity contribution < 1.29 is 14.4 Å². The van der Waals surface area contributed by atoms with Crippen LogP contribution in [0.3, 0.4) is 0 Å². The number of aliphatic imine (C=N–C) groups is 1. The summed E-state index contributed by atoms with van der Waals surface area (Å²) in [4.78, 5) is 14.6. The van der Waals surface area contributed by atoms with Crippen molar-refractivity contribution in [1.82, 2.24) is 10.6 Å². The fraction of sp³-hybridized carbons (Fsp3) is 0.278. The van der Waals surface area contributed by atoms with Crippen molar-refractivity contribution in [1.29, 1.82) is 0 Å². The molecular weight excluding hydrogens is 336 g/mol. The number of non-ortho nitro benzene ring substituents is 1. The summed E-state index contributed by atoms with van der Waals surface area (Å²) in [5, 5.41) is 17.2. The van der Waals surface area contributed by atoms with Gasteiger partial charge in [-0.05, 0) is 23.3 Å². The Morgan fingerprint density at radius 1 is 1.04 bits per heavy atom. The SMILES string of the molecule is CN=C(NCc1cccc([N+](=O)[O-])c1)NCc1ccc(OC)c(OC)c1. The van der Waals surface area contributed by atoms with Gasteiger partial charge in [-0.1, -0.05) is 18.2 Å². The second kappa shape index (κ2) is 9.26. The Kier molecular flexibility index (Phi) is 6.78. The number of nitro groups is 1. The highest BCUT2D eigenvalue weighted by atomic mass is 16.6. The number of guanidine groups is 1. The number of methoxy groups -OCH3 is 2. The van der Waals surface area contributed by atoms with Gasteiger partial charge in [-0.3, -0.25) is 15.1 Å². The molecule has 0 aromatic heterocycles. The van der Waals surface area contributed by atoms with Crippen LogP contribution in [0.1, 0.15) is 11.1 Å². The fourth-order valence-corrected chi connectivity index (χ4v) is 2.36. The molecule has 0 radical (unpaired) electrons. The van der Waals surface area contributed by atoms with Crippen LogP contribution in [-0.2, 0) is 13.1 Å². The first-order valence-electron chi connectivity index (χ1n) is 7.96. The third-order valence-corrected chi connectivity index (χ3v) is 3.71. The highest BCUT2D eigenvalue weighted by Crippen LogP contribution is 2.27. The zero-order chi connectivity index (χ0) is 18.9. The van der Waals surface area contributed by atoms with Gasteiger partial charge >= 0.3 is 0 Å². The largest absolute Gasteiger partial charge is 0.493 e. The maximum Gasteiger partial charge on any atom is 0.269 e. The van der Waals surface area contributed by atoms with E-state index in [4.69, 9.17) is 9.47 Å². The second-order valence-corrected chi connectivity index (χ2v) is 5.40. The molecule has 8 nitrogen and oxygen atoms in total. The molecule has 0 heterocycles. The van der Waals surface area contributed by atoms with Gasteiger partial charge in [0.1, 0.15) is 0 Å². The second-order valence-electron chi connectivity index (χ2n) is 5.40. The van der Waals surface area contributed by atoms with Crippen molar-refractivity contribution >= 4 is 11.6 Å². The average Bonchev–Trinajstić information content (AvgIpc) is 2.68. The van der Waals surface area contributed by atoms with E-state index in [1.807, 2.05) is 24.3 Å². The Morgan fingerprint density at radius 2 is 1.69 bits per heavy atom. The number of benzene rings is 2. The van der Waals surface area contributed by atoms with Crippen molar-refractivity contribution in [2.24, 2.45) is 4.99 Å². The third-order valence-electron chi connectivity index (χ3n) is 3.71. The van der Waals surface area contributed by atoms with Crippen LogP contribution in [0.4, 0.5) is 5.69 Å². The van der Waals surface area contributed by atoms with Gasteiger partial charge in [0.15, 0.2) is 17.5 Å². The lowest BCUT2D eigenvalue weighted by molar-refractivity contribution is -0.384. The zero-order valence-electron chi connectivity index (χ0n) is 15.0. The Balaban J connectivity index is 1.94. The number of nitrogens with one attached hydrogen (secondary N) is 2. The van der Waals surface area contributed by atoms with E-state index in [-0.39, 0.29) is 5.69 Å². The molecule has 0 unspecified atom stereocenters. The van der Waals surface area contributed by atoms with Gasteiger partial charge in [0.25, 0.3) is 5.69 Å². The Morgan fingerprint density at radius 3 is 2.27 bits per heavy atom. The normalized spacial score (nSPS) is 11.0. The number of nitro benzene ring substituents is 1. The van der Waals surface area contributed by atoms with Gasteiger partial charge in [-0.25, -0.2) is 0 Å². The first-order chi connectivity index (χ1) is 12.6. The molecule has 0 aliphatic heterocycles. The monoisotopic (exact) mass is 358 g/mol. The summed E-state index contributed by atoms with van der Waals surface area (Å²) in [6.45, 7) is 0.961. The summed E-state index contributed by atoms with van der Waals surface area (Å²) in [5.41, 5.74) is 1.87. The fourth-order valence-electron chi connectivity index (χ4n) is 2.36. The molecular formula is C18H22N4O4. The van der Waals surface area contributed by atoms with Crippen LogP contribution >= 0.6 is 0 Å². The number of hydrogen-bond acceptors (Lipinski definition) is 5. The summed E-state index contributed by atoms with van der Waals surface area (Å²) in [6, 6.07) is 12.1. The molecule has 2 aromatic rings. The molecule has 0 saturated heterocycles. The number of rotatable bonds is 7. The molecule has 0 spiro atoms. The third kappa shape index (κ3) is 5.10. The smallest absolute Gasteiger partial charge is 0.269 e. The summed E-state index contributed by atoms with van der Waals surface area (Å²) >= 11 is 0. The predicted octanol–water partition coefficient (Wildman–Crippen LogP) is 2.48. The Hall–Kier alpha value is -3.29. The van der Waals surface area contributed by atoms with Gasteiger partial charge in [-0.15, -0.1) is 0 Å². The highest BCUT2D eigenvalue weighted by molar-refractivity contribution is 5.79. The van der Waals surface area contributed by atoms with E-state index in [0.717, 1.165) is 11.1 Å². The molecule has 8 heteroatoms. The van der Waals surface area contributed by atoms with Gasteiger partial charge in [-0.2, -0.15) is 0 Å². The summed E-state index contributed by atoms with van der Waals surface area (Å²) in [5.74, 6) is 1.92. The molecule has 2 aromatic carbocycles. The molecule has 0 aliphatic carbocycles. The van der Waals surface area contributed by atoms with E-state index < -0.39 is 4.92 Å². The van der Waals surface area contributed by atoms with Crippen LogP contribution < -0.4 is 20.1 Å². The van der Waals surface area contributed by atoms with Crippen LogP contribution in [0, 0.1) is 10.1 Å². The van der Waals surface area contributed by atoms with Gasteiger partial charge in [0.05, 0.1) is 19.1 Å². The van der Waals surface area contributed by atoms with Crippen LogP contribution in [0.15, 0.2) is 47.5 Å². The van der Waals surface area contributed by atoms with Crippen molar-refractivity contribution in [3.05, 3.63) is 63.7 Å². The molecule has 0 atom stereocenters. The standard InChI is InChI=1S/C18H22N4O4/c1-19-18(20-11-13-5-4-6-15(9-13)22(23)24)21-12-14-7-8-16(25-2)17(10-14)26-3/h4-10H,11-12H2,1-3H3,(H2,19,20,21). The molecule has 0 fully saturated rings. The molecule has 0 aliphatic rings. The number of nitrogens with zero attached hydrogens (tertiary/aromatic N) is 2. The molecule has 2 N–H and O–H groups in total. The highest BCUT2D eigenvalue weighted by Gasteiger charge is 2.07. The predicted molar refractivity (Wildman–Crippen MR) is 99.7 cm³/mol. The summed E-state index contributed by atoms with van der Waals surface area (Å²) in [7, 11) is 4.85. The molecule has 0 bridgehead atoms. The lowest BCUT2D eigenvalue weighted by Gasteiger charge is -2.13. The first kappa shape index (κ1) is 19.0. The Bertz CT molecular complexity index is 793. The molecule has 26 heavy (non-hydrogen) atoms. The number of hydrogen-bond donors (Lipinski definition) is 2. The van der Waals surface area contributed by atoms with Crippen molar-refractivity contribution in [2.45, 2.75) is 13.1 Å². The molecule has 0 saturated carbocycles. The zero-order valence-corrected chi connectivity index (χ0v) is 15.0. The lowest BCUT2D eigenvalue weighted by atomic mass is 10.2. The topological polar surface area (TPSA) is 98.0 Å². The van der Waals surface area contributed by atoms with Crippen molar-refractivity contribution in [2.75, 3.05) is 21.3 Å². The first-order valence-corrected chi connectivity index (χ1v) is 7.96. The van der Waals surface area contributed by atoms with Crippen LogP contribution in [0.2, 0.25) is 0 Å². The number of ether oxygens (including phenoxy) is 2. The van der Waals surface area contributed by atoms with Gasteiger partial charge in [0.2, 0.25) is 0 Å². The van der Waals surface area contributed by atoms with Gasteiger partial charge in [0, 0.05) is 32.3 Å². The molecule has 138 valence electrons. The van der Waals surface area contributed by atoms with Crippen molar-refractivity contribution in [3.8, 4) is 11.5 Å². The summed E-state index contributed by atoms with van der Waals surface area (Å²) in [6.07, 6.45) is 0. The minimum atomic E-state index is -0.409. The molecule has 0 amide bonds. The maximum atomic E-state index is 10.8. The minimum absolute atomic E-state index is 0.0672. The summed E-state index contributed by atoms with van der Waals surface area (Å²) < 4.78 is 10.5. The average molecular weight is 358 g/mol. The van der Waals surface area contributed by atoms with Crippen LogP contribution in [0.5, 0.6) is 11.5 Å². The quantitative estimate of drug-likeness (QED) is 0.341. The van der Waals surface area contributed by atoms with Crippen LogP contribution in [-0.4, -0.2) is 32.2 Å². The van der Waals surface area contributed by atoms with Gasteiger partial charge < -0.3 is 20.1 Å². The van der Waals surface area contributed by atoms with E-state index in [9.17, 15) is 10.1 Å².